The van der Waals surface area contributed by atoms with Gasteiger partial charge >= 0.3 is 0 Å². The van der Waals surface area contributed by atoms with Crippen LogP contribution in [0, 0.1) is 0 Å². The van der Waals surface area contributed by atoms with Crippen LogP contribution in [0.2, 0.25) is 0 Å². The molecule has 1 saturated heterocycles. The Kier molecular flexibility index (Phi) is 3.46. The van der Waals surface area contributed by atoms with Crippen molar-refractivity contribution in [2.24, 2.45) is 12.8 Å². The van der Waals surface area contributed by atoms with Crippen molar-refractivity contribution in [2.45, 2.75) is 32.1 Å². The number of ether oxygens (including phenoxy) is 1. The second-order valence-corrected chi connectivity index (χ2v) is 5.20. The molecular formula is C11H21N5O. The molecule has 2 rings (SSSR count). The Morgan fingerprint density at radius 2 is 2.35 bits per heavy atom. The molecule has 6 heteroatoms. The lowest BCUT2D eigenvalue weighted by Gasteiger charge is -2.42. The molecule has 6 nitrogen and oxygen atoms in total. The van der Waals surface area contributed by atoms with E-state index in [0.29, 0.717) is 6.54 Å². The highest BCUT2D eigenvalue weighted by Gasteiger charge is 2.33. The Hall–Kier alpha value is -0.980. The van der Waals surface area contributed by atoms with Gasteiger partial charge in [-0.15, -0.1) is 0 Å². The minimum absolute atomic E-state index is 0.104. The average Bonchev–Trinajstić information content (AvgIpc) is 2.62. The fourth-order valence-electron chi connectivity index (χ4n) is 2.32. The van der Waals surface area contributed by atoms with E-state index < -0.39 is 0 Å². The molecule has 96 valence electrons. The van der Waals surface area contributed by atoms with E-state index in [1.807, 2.05) is 7.05 Å². The Bertz CT molecular complexity index is 376. The van der Waals surface area contributed by atoms with Gasteiger partial charge in [0, 0.05) is 26.7 Å². The predicted octanol–water partition coefficient (Wildman–Crippen LogP) is -0.247. The summed E-state index contributed by atoms with van der Waals surface area (Å²) in [5.74, 6) is 0.971. The molecule has 0 aromatic carbocycles. The van der Waals surface area contributed by atoms with Crippen molar-refractivity contribution >= 4 is 0 Å². The summed E-state index contributed by atoms with van der Waals surface area (Å²) >= 11 is 0. The van der Waals surface area contributed by atoms with Gasteiger partial charge in [-0.2, -0.15) is 5.10 Å². The molecule has 1 aliphatic heterocycles. The molecule has 0 spiro atoms. The van der Waals surface area contributed by atoms with E-state index in [1.54, 1.807) is 11.0 Å². The molecule has 2 N–H and O–H groups in total. The van der Waals surface area contributed by atoms with Gasteiger partial charge in [-0.3, -0.25) is 9.58 Å². The van der Waals surface area contributed by atoms with Crippen LogP contribution in [-0.2, 0) is 18.3 Å². The predicted molar refractivity (Wildman–Crippen MR) is 64.3 cm³/mol. The van der Waals surface area contributed by atoms with E-state index >= 15 is 0 Å². The first kappa shape index (κ1) is 12.5. The molecule has 1 aromatic rings. The molecule has 0 radical (unpaired) electrons. The van der Waals surface area contributed by atoms with Crippen LogP contribution in [0.3, 0.4) is 0 Å². The first-order valence-electron chi connectivity index (χ1n) is 5.93. The minimum atomic E-state index is -0.152. The van der Waals surface area contributed by atoms with Gasteiger partial charge in [0.2, 0.25) is 0 Å². The maximum Gasteiger partial charge on any atom is 0.140 e. The van der Waals surface area contributed by atoms with Crippen LogP contribution in [0.5, 0.6) is 0 Å². The van der Waals surface area contributed by atoms with Crippen molar-refractivity contribution in [1.82, 2.24) is 19.7 Å². The van der Waals surface area contributed by atoms with Crippen LogP contribution < -0.4 is 5.73 Å². The van der Waals surface area contributed by atoms with Gasteiger partial charge in [0.15, 0.2) is 0 Å². The standard InChI is InChI=1S/C11H21N5O/c1-11(2)7-16(5-9(4-12)17-11)6-10-13-8-14-15(10)3/h8-9H,4-7,12H2,1-3H3. The SMILES string of the molecule is Cn1ncnc1CN1CC(CN)OC(C)(C)C1. The van der Waals surface area contributed by atoms with Crippen LogP contribution in [0.25, 0.3) is 0 Å². The van der Waals surface area contributed by atoms with Crippen molar-refractivity contribution in [3.63, 3.8) is 0 Å². The molecule has 0 aliphatic carbocycles. The fraction of sp³-hybridized carbons (Fsp3) is 0.818. The lowest BCUT2D eigenvalue weighted by atomic mass is 10.1. The first-order chi connectivity index (χ1) is 8.00. The fourth-order valence-corrected chi connectivity index (χ4v) is 2.32. The number of hydrogen-bond donors (Lipinski definition) is 1. The Labute approximate surface area is 102 Å². The minimum Gasteiger partial charge on any atom is -0.368 e. The number of aryl methyl sites for hydroxylation is 1. The summed E-state index contributed by atoms with van der Waals surface area (Å²) in [5, 5.41) is 4.08. The van der Waals surface area contributed by atoms with Crippen LogP contribution in [-0.4, -0.2) is 51.0 Å². The number of morpholine rings is 1. The highest BCUT2D eigenvalue weighted by Crippen LogP contribution is 2.21. The van der Waals surface area contributed by atoms with E-state index in [1.165, 1.54) is 0 Å². The van der Waals surface area contributed by atoms with Gasteiger partial charge in [-0.05, 0) is 13.8 Å². The maximum atomic E-state index is 5.89. The average molecular weight is 239 g/mol. The molecule has 17 heavy (non-hydrogen) atoms. The summed E-state index contributed by atoms with van der Waals surface area (Å²) in [7, 11) is 1.91. The maximum absolute atomic E-state index is 5.89. The van der Waals surface area contributed by atoms with Gasteiger partial charge < -0.3 is 10.5 Å². The van der Waals surface area contributed by atoms with E-state index in [0.717, 1.165) is 25.5 Å². The topological polar surface area (TPSA) is 69.2 Å². The van der Waals surface area contributed by atoms with Crippen molar-refractivity contribution < 1.29 is 4.74 Å². The van der Waals surface area contributed by atoms with E-state index in [2.05, 4.69) is 28.8 Å². The first-order valence-corrected chi connectivity index (χ1v) is 5.93. The lowest BCUT2D eigenvalue weighted by molar-refractivity contribution is -0.134. The zero-order chi connectivity index (χ0) is 12.5. The number of hydrogen-bond acceptors (Lipinski definition) is 5. The third-order valence-corrected chi connectivity index (χ3v) is 2.98. The molecule has 1 aliphatic rings. The summed E-state index contributed by atoms with van der Waals surface area (Å²) in [6.45, 7) is 7.28. The quantitative estimate of drug-likeness (QED) is 0.788. The molecule has 0 amide bonds. The molecule has 1 aromatic heterocycles. The largest absolute Gasteiger partial charge is 0.368 e. The summed E-state index contributed by atoms with van der Waals surface area (Å²) < 4.78 is 7.70. The van der Waals surface area contributed by atoms with E-state index in [-0.39, 0.29) is 11.7 Å². The Balaban J connectivity index is 2.03. The van der Waals surface area contributed by atoms with Gasteiger partial charge in [0.25, 0.3) is 0 Å². The van der Waals surface area contributed by atoms with E-state index in [9.17, 15) is 0 Å². The summed E-state index contributed by atoms with van der Waals surface area (Å²) in [5.41, 5.74) is 5.55. The van der Waals surface area contributed by atoms with Crippen LogP contribution in [0.15, 0.2) is 6.33 Å². The van der Waals surface area contributed by atoms with Crippen LogP contribution in [0.4, 0.5) is 0 Å². The number of aromatic nitrogens is 3. The van der Waals surface area contributed by atoms with Gasteiger partial charge in [-0.25, -0.2) is 4.98 Å². The molecule has 0 saturated carbocycles. The summed E-state index contributed by atoms with van der Waals surface area (Å²) in [6.07, 6.45) is 1.69. The molecule has 1 fully saturated rings. The van der Waals surface area contributed by atoms with Gasteiger partial charge in [0.1, 0.15) is 12.2 Å². The van der Waals surface area contributed by atoms with Crippen molar-refractivity contribution in [1.29, 1.82) is 0 Å². The number of rotatable bonds is 3. The second kappa shape index (κ2) is 4.72. The molecule has 1 unspecified atom stereocenters. The molecule has 0 bridgehead atoms. The van der Waals surface area contributed by atoms with Gasteiger partial charge in [0.05, 0.1) is 18.2 Å². The van der Waals surface area contributed by atoms with Crippen molar-refractivity contribution in [2.75, 3.05) is 19.6 Å². The van der Waals surface area contributed by atoms with Crippen LogP contribution >= 0.6 is 0 Å². The Morgan fingerprint density at radius 1 is 1.59 bits per heavy atom. The zero-order valence-corrected chi connectivity index (χ0v) is 10.8. The van der Waals surface area contributed by atoms with Crippen molar-refractivity contribution in [3.8, 4) is 0 Å². The lowest BCUT2D eigenvalue weighted by Crippen LogP contribution is -2.54. The number of nitrogens with zero attached hydrogens (tertiary/aromatic N) is 4. The summed E-state index contributed by atoms with van der Waals surface area (Å²) in [6, 6.07) is 0. The molecule has 1 atom stereocenters. The molecular weight excluding hydrogens is 218 g/mol. The van der Waals surface area contributed by atoms with Crippen molar-refractivity contribution in [3.05, 3.63) is 12.2 Å². The van der Waals surface area contributed by atoms with Crippen LogP contribution in [0.1, 0.15) is 19.7 Å². The van der Waals surface area contributed by atoms with E-state index in [4.69, 9.17) is 10.5 Å². The summed E-state index contributed by atoms with van der Waals surface area (Å²) in [4.78, 5) is 6.57. The Morgan fingerprint density at radius 3 is 2.94 bits per heavy atom. The number of nitrogens with two attached hydrogens (primary N) is 1. The smallest absolute Gasteiger partial charge is 0.140 e. The molecule has 2 heterocycles. The third-order valence-electron chi connectivity index (χ3n) is 2.98. The monoisotopic (exact) mass is 239 g/mol. The second-order valence-electron chi connectivity index (χ2n) is 5.20. The van der Waals surface area contributed by atoms with Gasteiger partial charge in [-0.1, -0.05) is 0 Å². The zero-order valence-electron chi connectivity index (χ0n) is 10.8. The third kappa shape index (κ3) is 3.02. The normalized spacial score (nSPS) is 25.1. The highest BCUT2D eigenvalue weighted by atomic mass is 16.5. The highest BCUT2D eigenvalue weighted by molar-refractivity contribution is 4.89.